The van der Waals surface area contributed by atoms with Crippen LogP contribution in [0, 0.1) is 0 Å². The van der Waals surface area contributed by atoms with Crippen LogP contribution < -0.4 is 20.3 Å². The van der Waals surface area contributed by atoms with E-state index in [9.17, 15) is 4.79 Å². The third kappa shape index (κ3) is 4.00. The highest BCUT2D eigenvalue weighted by Gasteiger charge is 2.13. The van der Waals surface area contributed by atoms with Gasteiger partial charge < -0.3 is 9.47 Å². The number of carbonyl (C=O) groups excluding carboxylic acids is 1. The number of nitrogens with one attached hydrogen (secondary N) is 2. The lowest BCUT2D eigenvalue weighted by Crippen LogP contribution is -2.29. The molecular weight excluding hydrogens is 374 g/mol. The summed E-state index contributed by atoms with van der Waals surface area (Å²) in [6.07, 6.45) is 0.0826. The number of hydrogen-bond donors (Lipinski definition) is 2. The fourth-order valence-corrected chi connectivity index (χ4v) is 3.42. The molecule has 0 aliphatic carbocycles. The van der Waals surface area contributed by atoms with Crippen LogP contribution in [-0.4, -0.2) is 24.1 Å². The summed E-state index contributed by atoms with van der Waals surface area (Å²) >= 11 is 7.53. The molecule has 1 heterocycles. The van der Waals surface area contributed by atoms with Gasteiger partial charge in [-0.2, -0.15) is 0 Å². The first kappa shape index (κ1) is 18.3. The van der Waals surface area contributed by atoms with Gasteiger partial charge >= 0.3 is 0 Å². The van der Waals surface area contributed by atoms with Gasteiger partial charge in [0.1, 0.15) is 17.0 Å². The quantitative estimate of drug-likeness (QED) is 0.605. The van der Waals surface area contributed by atoms with Gasteiger partial charge in [0.2, 0.25) is 5.13 Å². The van der Waals surface area contributed by atoms with Crippen LogP contribution in [-0.2, 0) is 0 Å². The van der Waals surface area contributed by atoms with Crippen LogP contribution in [0.5, 0.6) is 11.5 Å². The number of fused-ring (bicyclic) bond motifs is 1. The SMILES string of the molecule is COc1ccc(Cl)c2sc(NNC(=O)c3ccc(OC(C)C)cc3)nc12. The van der Waals surface area contributed by atoms with Crippen molar-refractivity contribution in [3.05, 3.63) is 47.0 Å². The highest BCUT2D eigenvalue weighted by atomic mass is 35.5. The molecule has 0 aliphatic rings. The Labute approximate surface area is 160 Å². The number of anilines is 1. The first-order valence-electron chi connectivity index (χ1n) is 7.94. The number of methoxy groups -OCH3 is 1. The lowest BCUT2D eigenvalue weighted by Gasteiger charge is -2.10. The first-order valence-corrected chi connectivity index (χ1v) is 9.13. The molecule has 0 saturated heterocycles. The minimum absolute atomic E-state index is 0.0826. The van der Waals surface area contributed by atoms with Gasteiger partial charge in [-0.25, -0.2) is 4.98 Å². The van der Waals surface area contributed by atoms with Gasteiger partial charge in [0, 0.05) is 5.56 Å². The van der Waals surface area contributed by atoms with E-state index in [1.165, 1.54) is 11.3 Å². The van der Waals surface area contributed by atoms with Crippen molar-refractivity contribution in [3.8, 4) is 11.5 Å². The van der Waals surface area contributed by atoms with Crippen molar-refractivity contribution in [2.75, 3.05) is 12.5 Å². The number of benzene rings is 2. The summed E-state index contributed by atoms with van der Waals surface area (Å²) in [6.45, 7) is 3.90. The van der Waals surface area contributed by atoms with E-state index in [0.717, 1.165) is 10.4 Å². The van der Waals surface area contributed by atoms with Gasteiger partial charge in [0.25, 0.3) is 5.91 Å². The lowest BCUT2D eigenvalue weighted by atomic mass is 10.2. The molecule has 0 saturated carbocycles. The molecule has 0 aliphatic heterocycles. The van der Waals surface area contributed by atoms with Gasteiger partial charge in [0.15, 0.2) is 0 Å². The predicted molar refractivity (Wildman–Crippen MR) is 104 cm³/mol. The Morgan fingerprint density at radius 3 is 2.58 bits per heavy atom. The third-order valence-corrected chi connectivity index (χ3v) is 4.88. The normalized spacial score (nSPS) is 10.8. The molecule has 0 unspecified atom stereocenters. The number of aromatic nitrogens is 1. The second-order valence-corrected chi connectivity index (χ2v) is 7.12. The zero-order valence-electron chi connectivity index (χ0n) is 14.5. The standard InChI is InChI=1S/C18H18ClN3O3S/c1-10(2)25-12-6-4-11(5-7-12)17(23)21-22-18-20-15-14(24-3)9-8-13(19)16(15)26-18/h4-10H,1-3H3,(H,20,22)(H,21,23). The summed E-state index contributed by atoms with van der Waals surface area (Å²) in [5.74, 6) is 1.07. The number of nitrogens with zero attached hydrogens (tertiary/aromatic N) is 1. The van der Waals surface area contributed by atoms with E-state index in [4.69, 9.17) is 21.1 Å². The molecule has 136 valence electrons. The maximum absolute atomic E-state index is 12.3. The number of hydrazine groups is 1. The summed E-state index contributed by atoms with van der Waals surface area (Å²) in [7, 11) is 1.57. The van der Waals surface area contributed by atoms with E-state index in [0.29, 0.717) is 27.0 Å². The second kappa shape index (κ2) is 7.80. The minimum Gasteiger partial charge on any atom is -0.494 e. The minimum atomic E-state index is -0.279. The molecule has 1 amide bonds. The molecule has 0 atom stereocenters. The van der Waals surface area contributed by atoms with Gasteiger partial charge in [-0.05, 0) is 50.2 Å². The molecule has 1 aromatic heterocycles. The van der Waals surface area contributed by atoms with Gasteiger partial charge in [-0.3, -0.25) is 15.6 Å². The summed E-state index contributed by atoms with van der Waals surface area (Å²) in [5, 5.41) is 1.10. The number of hydrogen-bond acceptors (Lipinski definition) is 6. The summed E-state index contributed by atoms with van der Waals surface area (Å²) in [4.78, 5) is 16.7. The third-order valence-electron chi connectivity index (χ3n) is 3.45. The van der Waals surface area contributed by atoms with Gasteiger partial charge in [0.05, 0.1) is 22.9 Å². The predicted octanol–water partition coefficient (Wildman–Crippen LogP) is 4.50. The van der Waals surface area contributed by atoms with Crippen molar-refractivity contribution < 1.29 is 14.3 Å². The zero-order chi connectivity index (χ0) is 18.7. The molecule has 0 spiro atoms. The fourth-order valence-electron chi connectivity index (χ4n) is 2.31. The smallest absolute Gasteiger partial charge is 0.269 e. The average molecular weight is 392 g/mol. The number of ether oxygens (including phenoxy) is 2. The number of halogens is 1. The maximum Gasteiger partial charge on any atom is 0.269 e. The molecular formula is C18H18ClN3O3S. The molecule has 2 aromatic carbocycles. The van der Waals surface area contributed by atoms with Crippen LogP contribution in [0.25, 0.3) is 10.2 Å². The summed E-state index contributed by atoms with van der Waals surface area (Å²) in [6, 6.07) is 10.4. The van der Waals surface area contributed by atoms with E-state index >= 15 is 0 Å². The van der Waals surface area contributed by atoms with Crippen molar-refractivity contribution in [1.29, 1.82) is 0 Å². The maximum atomic E-state index is 12.3. The lowest BCUT2D eigenvalue weighted by molar-refractivity contribution is 0.0962. The molecule has 0 radical (unpaired) electrons. The average Bonchev–Trinajstić information content (AvgIpc) is 3.05. The molecule has 6 nitrogen and oxygen atoms in total. The Morgan fingerprint density at radius 1 is 1.19 bits per heavy atom. The molecule has 3 rings (SSSR count). The van der Waals surface area contributed by atoms with E-state index in [1.807, 2.05) is 13.8 Å². The molecule has 0 bridgehead atoms. The highest BCUT2D eigenvalue weighted by molar-refractivity contribution is 7.22. The van der Waals surface area contributed by atoms with Crippen molar-refractivity contribution in [1.82, 2.24) is 10.4 Å². The molecule has 26 heavy (non-hydrogen) atoms. The largest absolute Gasteiger partial charge is 0.494 e. The number of thiazole rings is 1. The van der Waals surface area contributed by atoms with E-state index in [2.05, 4.69) is 15.8 Å². The Balaban J connectivity index is 1.69. The second-order valence-electron chi connectivity index (χ2n) is 5.72. The van der Waals surface area contributed by atoms with Crippen molar-refractivity contribution in [2.24, 2.45) is 0 Å². The molecule has 2 N–H and O–H groups in total. The monoisotopic (exact) mass is 391 g/mol. The Kier molecular flexibility index (Phi) is 5.49. The van der Waals surface area contributed by atoms with Crippen molar-refractivity contribution in [2.45, 2.75) is 20.0 Å². The van der Waals surface area contributed by atoms with Crippen LogP contribution in [0.3, 0.4) is 0 Å². The Morgan fingerprint density at radius 2 is 1.92 bits per heavy atom. The number of amides is 1. The van der Waals surface area contributed by atoms with Crippen LogP contribution in [0.4, 0.5) is 5.13 Å². The van der Waals surface area contributed by atoms with Crippen LogP contribution in [0.15, 0.2) is 36.4 Å². The highest BCUT2D eigenvalue weighted by Crippen LogP contribution is 2.37. The van der Waals surface area contributed by atoms with Crippen LogP contribution in [0.1, 0.15) is 24.2 Å². The zero-order valence-corrected chi connectivity index (χ0v) is 16.1. The fraction of sp³-hybridized carbons (Fsp3) is 0.222. The number of rotatable bonds is 6. The van der Waals surface area contributed by atoms with Crippen molar-refractivity contribution >= 4 is 44.2 Å². The van der Waals surface area contributed by atoms with Crippen molar-refractivity contribution in [3.63, 3.8) is 0 Å². The van der Waals surface area contributed by atoms with Gasteiger partial charge in [-0.15, -0.1) is 0 Å². The first-order chi connectivity index (χ1) is 12.5. The Bertz CT molecular complexity index is 925. The molecule has 8 heteroatoms. The van der Waals surface area contributed by atoms with E-state index in [1.54, 1.807) is 43.5 Å². The molecule has 3 aromatic rings. The topological polar surface area (TPSA) is 72.5 Å². The molecule has 0 fully saturated rings. The Hall–Kier alpha value is -2.51. The summed E-state index contributed by atoms with van der Waals surface area (Å²) in [5.41, 5.74) is 6.60. The van der Waals surface area contributed by atoms with Crippen LogP contribution in [0.2, 0.25) is 5.02 Å². The van der Waals surface area contributed by atoms with Crippen LogP contribution >= 0.6 is 22.9 Å². The van der Waals surface area contributed by atoms with E-state index in [-0.39, 0.29) is 12.0 Å². The number of carbonyl (C=O) groups is 1. The van der Waals surface area contributed by atoms with E-state index < -0.39 is 0 Å². The van der Waals surface area contributed by atoms with Gasteiger partial charge in [-0.1, -0.05) is 22.9 Å². The summed E-state index contributed by atoms with van der Waals surface area (Å²) < 4.78 is 11.6.